The molecule has 0 spiro atoms. The van der Waals surface area contributed by atoms with Crippen LogP contribution in [0.25, 0.3) is 33.1 Å². The van der Waals surface area contributed by atoms with Crippen molar-refractivity contribution in [2.24, 2.45) is 0 Å². The molecule has 0 bridgehead atoms. The second-order valence-corrected chi connectivity index (χ2v) is 5.11. The van der Waals surface area contributed by atoms with Crippen molar-refractivity contribution in [1.29, 1.82) is 0 Å². The van der Waals surface area contributed by atoms with Crippen LogP contribution in [0.1, 0.15) is 0 Å². The first kappa shape index (κ1) is 13.0. The Kier molecular flexibility index (Phi) is 3.09. The van der Waals surface area contributed by atoms with E-state index < -0.39 is 0 Å². The van der Waals surface area contributed by atoms with E-state index in [9.17, 15) is 0 Å². The zero-order valence-electron chi connectivity index (χ0n) is 11.8. The van der Waals surface area contributed by atoms with Crippen LogP contribution < -0.4 is 4.65 Å². The lowest BCUT2D eigenvalue weighted by Gasteiger charge is -2.06. The van der Waals surface area contributed by atoms with Crippen LogP contribution >= 0.6 is 0 Å². The monoisotopic (exact) mass is 288 g/mol. The molecule has 0 atom stereocenters. The number of para-hydroxylation sites is 1. The molecule has 4 aromatic rings. The SMILES string of the molecule is OBOc1cccc(-c2ccc3oc4ccccc4c3c2)c1. The van der Waals surface area contributed by atoms with Crippen LogP contribution in [0.15, 0.2) is 71.1 Å². The van der Waals surface area contributed by atoms with Crippen molar-refractivity contribution < 1.29 is 14.1 Å². The first-order valence-electron chi connectivity index (χ1n) is 7.10. The quantitative estimate of drug-likeness (QED) is 0.581. The van der Waals surface area contributed by atoms with Gasteiger partial charge in [-0.05, 0) is 41.5 Å². The van der Waals surface area contributed by atoms with E-state index in [-0.39, 0.29) is 7.69 Å². The predicted molar refractivity (Wildman–Crippen MR) is 89.2 cm³/mol. The molecule has 0 aliphatic rings. The third-order valence-electron chi connectivity index (χ3n) is 3.78. The molecular formula is C18H13BO3. The lowest BCUT2D eigenvalue weighted by molar-refractivity contribution is 0.454. The fourth-order valence-electron chi connectivity index (χ4n) is 2.75. The van der Waals surface area contributed by atoms with Gasteiger partial charge in [-0.1, -0.05) is 36.4 Å². The summed E-state index contributed by atoms with van der Waals surface area (Å²) >= 11 is 0. The Morgan fingerprint density at radius 2 is 1.59 bits per heavy atom. The van der Waals surface area contributed by atoms with Crippen LogP contribution in [0.5, 0.6) is 5.75 Å². The van der Waals surface area contributed by atoms with Crippen LogP contribution in [-0.2, 0) is 0 Å². The highest BCUT2D eigenvalue weighted by atomic mass is 16.5. The van der Waals surface area contributed by atoms with Gasteiger partial charge in [0.1, 0.15) is 16.9 Å². The molecule has 0 radical (unpaired) electrons. The number of hydrogen-bond acceptors (Lipinski definition) is 3. The molecule has 0 unspecified atom stereocenters. The van der Waals surface area contributed by atoms with Crippen molar-refractivity contribution in [3.05, 3.63) is 66.7 Å². The third-order valence-corrected chi connectivity index (χ3v) is 3.78. The highest BCUT2D eigenvalue weighted by molar-refractivity contribution is 6.17. The van der Waals surface area contributed by atoms with Gasteiger partial charge in [-0.2, -0.15) is 0 Å². The van der Waals surface area contributed by atoms with Crippen LogP contribution in [0.4, 0.5) is 0 Å². The van der Waals surface area contributed by atoms with E-state index >= 15 is 0 Å². The summed E-state index contributed by atoms with van der Waals surface area (Å²) in [6, 6.07) is 21.9. The Bertz CT molecular complexity index is 959. The van der Waals surface area contributed by atoms with Gasteiger partial charge in [0.15, 0.2) is 0 Å². The summed E-state index contributed by atoms with van der Waals surface area (Å²) in [6.07, 6.45) is 0. The van der Waals surface area contributed by atoms with E-state index in [1.165, 1.54) is 0 Å². The molecular weight excluding hydrogens is 275 g/mol. The van der Waals surface area contributed by atoms with E-state index in [1.807, 2.05) is 54.6 Å². The molecule has 3 nitrogen and oxygen atoms in total. The lowest BCUT2D eigenvalue weighted by Crippen LogP contribution is -1.99. The van der Waals surface area contributed by atoms with Crippen LogP contribution in [0.3, 0.4) is 0 Å². The van der Waals surface area contributed by atoms with Crippen LogP contribution in [0.2, 0.25) is 0 Å². The van der Waals surface area contributed by atoms with E-state index in [2.05, 4.69) is 12.1 Å². The molecule has 0 amide bonds. The summed E-state index contributed by atoms with van der Waals surface area (Å²) in [5.74, 6) is 0.650. The molecule has 0 saturated carbocycles. The maximum atomic E-state index is 8.88. The maximum absolute atomic E-state index is 8.88. The highest BCUT2D eigenvalue weighted by Gasteiger charge is 2.08. The molecule has 106 valence electrons. The Morgan fingerprint density at radius 1 is 0.773 bits per heavy atom. The molecule has 4 rings (SSSR count). The summed E-state index contributed by atoms with van der Waals surface area (Å²) in [7, 11) is -0.325. The normalized spacial score (nSPS) is 11.0. The Hall–Kier alpha value is -2.72. The number of furan rings is 1. The smallest absolute Gasteiger partial charge is 0.504 e. The van der Waals surface area contributed by atoms with Crippen molar-refractivity contribution in [1.82, 2.24) is 0 Å². The van der Waals surface area contributed by atoms with Crippen molar-refractivity contribution in [3.8, 4) is 16.9 Å². The minimum Gasteiger partial charge on any atom is -0.539 e. The summed E-state index contributed by atoms with van der Waals surface area (Å²) in [5, 5.41) is 11.1. The van der Waals surface area contributed by atoms with Gasteiger partial charge in [-0.3, -0.25) is 0 Å². The van der Waals surface area contributed by atoms with Gasteiger partial charge in [0.2, 0.25) is 0 Å². The van der Waals surface area contributed by atoms with E-state index in [0.29, 0.717) is 5.75 Å². The van der Waals surface area contributed by atoms with Crippen LogP contribution in [0, 0.1) is 0 Å². The van der Waals surface area contributed by atoms with Gasteiger partial charge in [-0.25, -0.2) is 0 Å². The summed E-state index contributed by atoms with van der Waals surface area (Å²) in [6.45, 7) is 0. The third kappa shape index (κ3) is 2.14. The zero-order valence-corrected chi connectivity index (χ0v) is 11.8. The Labute approximate surface area is 128 Å². The largest absolute Gasteiger partial charge is 0.539 e. The zero-order chi connectivity index (χ0) is 14.9. The molecule has 22 heavy (non-hydrogen) atoms. The molecule has 1 N–H and O–H groups in total. The molecule has 0 aliphatic carbocycles. The fourth-order valence-corrected chi connectivity index (χ4v) is 2.75. The van der Waals surface area contributed by atoms with Gasteiger partial charge < -0.3 is 14.1 Å². The Morgan fingerprint density at radius 3 is 2.50 bits per heavy atom. The molecule has 0 aliphatic heterocycles. The molecule has 4 heteroatoms. The van der Waals surface area contributed by atoms with Gasteiger partial charge >= 0.3 is 7.69 Å². The van der Waals surface area contributed by atoms with Crippen molar-refractivity contribution in [3.63, 3.8) is 0 Å². The fraction of sp³-hybridized carbons (Fsp3) is 0. The first-order valence-corrected chi connectivity index (χ1v) is 7.10. The minimum absolute atomic E-state index is 0.325. The second-order valence-electron chi connectivity index (χ2n) is 5.11. The van der Waals surface area contributed by atoms with E-state index in [0.717, 1.165) is 33.1 Å². The number of fused-ring (bicyclic) bond motifs is 3. The average Bonchev–Trinajstić information content (AvgIpc) is 2.93. The number of rotatable bonds is 3. The van der Waals surface area contributed by atoms with Crippen LogP contribution in [-0.4, -0.2) is 12.7 Å². The maximum Gasteiger partial charge on any atom is 0.504 e. The van der Waals surface area contributed by atoms with Crippen molar-refractivity contribution >= 4 is 29.6 Å². The van der Waals surface area contributed by atoms with Gasteiger partial charge in [0, 0.05) is 10.8 Å². The first-order chi connectivity index (χ1) is 10.8. The van der Waals surface area contributed by atoms with Gasteiger partial charge in [-0.15, -0.1) is 0 Å². The topological polar surface area (TPSA) is 42.6 Å². The molecule has 1 heterocycles. The average molecular weight is 288 g/mol. The molecule has 3 aromatic carbocycles. The summed E-state index contributed by atoms with van der Waals surface area (Å²) in [4.78, 5) is 0. The number of hydrogen-bond donors (Lipinski definition) is 1. The minimum atomic E-state index is -0.325. The molecule has 0 saturated heterocycles. The Balaban J connectivity index is 1.88. The van der Waals surface area contributed by atoms with E-state index in [1.54, 1.807) is 0 Å². The highest BCUT2D eigenvalue weighted by Crippen LogP contribution is 2.33. The second kappa shape index (κ2) is 5.24. The predicted octanol–water partition coefficient (Wildman–Crippen LogP) is 3.89. The standard InChI is InChI=1S/C18H13BO3/c20-19-22-14-5-3-4-12(10-14)13-8-9-18-16(11-13)15-6-1-2-7-17(15)21-18/h1-11,19-20H. The molecule has 0 fully saturated rings. The van der Waals surface area contributed by atoms with Gasteiger partial charge in [0.05, 0.1) is 0 Å². The number of benzene rings is 3. The van der Waals surface area contributed by atoms with Gasteiger partial charge in [0.25, 0.3) is 0 Å². The summed E-state index contributed by atoms with van der Waals surface area (Å²) in [5.41, 5.74) is 3.90. The lowest BCUT2D eigenvalue weighted by atomic mass is 10.0. The molecule has 1 aromatic heterocycles. The summed E-state index contributed by atoms with van der Waals surface area (Å²) < 4.78 is 11.0. The van der Waals surface area contributed by atoms with Crippen molar-refractivity contribution in [2.45, 2.75) is 0 Å². The van der Waals surface area contributed by atoms with E-state index in [4.69, 9.17) is 14.1 Å². The van der Waals surface area contributed by atoms with Crippen molar-refractivity contribution in [2.75, 3.05) is 0 Å².